The van der Waals surface area contributed by atoms with Crippen LogP contribution in [0.15, 0.2) is 48.7 Å². The van der Waals surface area contributed by atoms with Gasteiger partial charge in [0.2, 0.25) is 5.88 Å². The third-order valence-corrected chi connectivity index (χ3v) is 4.75. The molecule has 1 aromatic heterocycles. The van der Waals surface area contributed by atoms with Crippen LogP contribution in [0.1, 0.15) is 24.5 Å². The second kappa shape index (κ2) is 8.07. The summed E-state index contributed by atoms with van der Waals surface area (Å²) in [6.45, 7) is 3.07. The lowest BCUT2D eigenvalue weighted by molar-refractivity contribution is -0.147. The predicted octanol–water partition coefficient (Wildman–Crippen LogP) is 2.67. The summed E-state index contributed by atoms with van der Waals surface area (Å²) < 4.78 is 5.69. The SMILES string of the molecule is CC1(C(=O)O)CCN(C(=O)NCc2ccnc(OCc3ccccc3)c2)C1. The molecule has 2 heterocycles. The zero-order valence-corrected chi connectivity index (χ0v) is 15.2. The summed E-state index contributed by atoms with van der Waals surface area (Å²) in [5, 5.41) is 12.1. The van der Waals surface area contributed by atoms with Crippen molar-refractivity contribution in [3.8, 4) is 5.88 Å². The maximum Gasteiger partial charge on any atom is 0.317 e. The molecule has 2 aromatic rings. The van der Waals surface area contributed by atoms with Crippen molar-refractivity contribution < 1.29 is 19.4 Å². The molecule has 1 fully saturated rings. The Labute approximate surface area is 158 Å². The van der Waals surface area contributed by atoms with Gasteiger partial charge in [-0.25, -0.2) is 9.78 Å². The lowest BCUT2D eigenvalue weighted by atomic mass is 9.90. The van der Waals surface area contributed by atoms with Crippen LogP contribution in [0.4, 0.5) is 4.79 Å². The third-order valence-electron chi connectivity index (χ3n) is 4.75. The average Bonchev–Trinajstić information content (AvgIpc) is 3.09. The molecule has 0 aliphatic carbocycles. The number of carbonyl (C=O) groups is 2. The van der Waals surface area contributed by atoms with Crippen molar-refractivity contribution in [2.75, 3.05) is 13.1 Å². The molecule has 0 saturated carbocycles. The van der Waals surface area contributed by atoms with Crippen molar-refractivity contribution in [2.45, 2.75) is 26.5 Å². The average molecular weight is 369 g/mol. The van der Waals surface area contributed by atoms with Crippen molar-refractivity contribution in [3.05, 3.63) is 59.8 Å². The molecular formula is C20H23N3O4. The number of hydrogen-bond acceptors (Lipinski definition) is 4. The normalized spacial score (nSPS) is 18.9. The van der Waals surface area contributed by atoms with E-state index >= 15 is 0 Å². The highest BCUT2D eigenvalue weighted by Crippen LogP contribution is 2.30. The molecule has 27 heavy (non-hydrogen) atoms. The van der Waals surface area contributed by atoms with E-state index in [2.05, 4.69) is 10.3 Å². The highest BCUT2D eigenvalue weighted by molar-refractivity contribution is 5.79. The number of carboxylic acids is 1. The first-order valence-corrected chi connectivity index (χ1v) is 8.84. The number of rotatable bonds is 6. The zero-order chi connectivity index (χ0) is 19.3. The van der Waals surface area contributed by atoms with E-state index in [1.165, 1.54) is 0 Å². The number of aliphatic carboxylic acids is 1. The van der Waals surface area contributed by atoms with Crippen molar-refractivity contribution >= 4 is 12.0 Å². The Hall–Kier alpha value is -3.09. The lowest BCUT2D eigenvalue weighted by Crippen LogP contribution is -2.40. The van der Waals surface area contributed by atoms with E-state index in [-0.39, 0.29) is 12.6 Å². The molecule has 1 aliphatic rings. The van der Waals surface area contributed by atoms with Crippen molar-refractivity contribution in [3.63, 3.8) is 0 Å². The number of hydrogen-bond donors (Lipinski definition) is 2. The van der Waals surface area contributed by atoms with Crippen LogP contribution in [0.25, 0.3) is 0 Å². The Kier molecular flexibility index (Phi) is 5.59. The second-order valence-corrected chi connectivity index (χ2v) is 6.97. The summed E-state index contributed by atoms with van der Waals surface area (Å²) in [6.07, 6.45) is 2.10. The van der Waals surface area contributed by atoms with Crippen molar-refractivity contribution in [1.82, 2.24) is 15.2 Å². The van der Waals surface area contributed by atoms with Gasteiger partial charge in [-0.2, -0.15) is 0 Å². The van der Waals surface area contributed by atoms with Gasteiger partial charge in [0.15, 0.2) is 0 Å². The van der Waals surface area contributed by atoms with E-state index in [0.29, 0.717) is 32.0 Å². The van der Waals surface area contributed by atoms with Gasteiger partial charge in [-0.15, -0.1) is 0 Å². The minimum absolute atomic E-state index is 0.218. The molecule has 3 rings (SSSR count). The fourth-order valence-electron chi connectivity index (χ4n) is 2.97. The second-order valence-electron chi connectivity index (χ2n) is 6.97. The van der Waals surface area contributed by atoms with Crippen molar-refractivity contribution in [1.29, 1.82) is 0 Å². The number of carboxylic acid groups (broad SMARTS) is 1. The molecule has 1 saturated heterocycles. The third kappa shape index (κ3) is 4.75. The molecule has 0 radical (unpaired) electrons. The lowest BCUT2D eigenvalue weighted by Gasteiger charge is -2.20. The van der Waals surface area contributed by atoms with Crippen LogP contribution in [0.2, 0.25) is 0 Å². The Morgan fingerprint density at radius 2 is 2.04 bits per heavy atom. The van der Waals surface area contributed by atoms with E-state index in [1.54, 1.807) is 30.2 Å². The molecule has 1 aromatic carbocycles. The van der Waals surface area contributed by atoms with E-state index in [4.69, 9.17) is 4.74 Å². The van der Waals surface area contributed by atoms with Crippen LogP contribution in [0.3, 0.4) is 0 Å². The van der Waals surface area contributed by atoms with Crippen LogP contribution < -0.4 is 10.1 Å². The van der Waals surface area contributed by atoms with Crippen molar-refractivity contribution in [2.24, 2.45) is 5.41 Å². The molecule has 7 heteroatoms. The first kappa shape index (κ1) is 18.7. The van der Waals surface area contributed by atoms with Gasteiger partial charge in [0.25, 0.3) is 0 Å². The summed E-state index contributed by atoms with van der Waals surface area (Å²) >= 11 is 0. The molecule has 142 valence electrons. The maximum absolute atomic E-state index is 12.3. The Balaban J connectivity index is 1.51. The fourth-order valence-corrected chi connectivity index (χ4v) is 2.97. The van der Waals surface area contributed by atoms with E-state index in [0.717, 1.165) is 11.1 Å². The van der Waals surface area contributed by atoms with Gasteiger partial charge >= 0.3 is 12.0 Å². The topological polar surface area (TPSA) is 91.8 Å². The van der Waals surface area contributed by atoms with Crippen LogP contribution in [-0.2, 0) is 17.9 Å². The molecule has 0 spiro atoms. The maximum atomic E-state index is 12.3. The predicted molar refractivity (Wildman–Crippen MR) is 99.2 cm³/mol. The first-order valence-electron chi connectivity index (χ1n) is 8.84. The highest BCUT2D eigenvalue weighted by atomic mass is 16.5. The summed E-state index contributed by atoms with van der Waals surface area (Å²) in [7, 11) is 0. The number of amides is 2. The molecular weight excluding hydrogens is 346 g/mol. The number of likely N-dealkylation sites (tertiary alicyclic amines) is 1. The van der Waals surface area contributed by atoms with E-state index < -0.39 is 11.4 Å². The van der Waals surface area contributed by atoms with Crippen LogP contribution in [0, 0.1) is 5.41 Å². The summed E-state index contributed by atoms with van der Waals surface area (Å²) in [6, 6.07) is 13.1. The smallest absolute Gasteiger partial charge is 0.317 e. The highest BCUT2D eigenvalue weighted by Gasteiger charge is 2.42. The van der Waals surface area contributed by atoms with E-state index in [9.17, 15) is 14.7 Å². The van der Waals surface area contributed by atoms with Gasteiger partial charge in [0.05, 0.1) is 5.41 Å². The summed E-state index contributed by atoms with van der Waals surface area (Å²) in [5.41, 5.74) is 1.04. The van der Waals surface area contributed by atoms with Crippen LogP contribution >= 0.6 is 0 Å². The number of ether oxygens (including phenoxy) is 1. The Morgan fingerprint density at radius 3 is 2.74 bits per heavy atom. The minimum Gasteiger partial charge on any atom is -0.481 e. The van der Waals surface area contributed by atoms with Crippen LogP contribution in [0.5, 0.6) is 5.88 Å². The van der Waals surface area contributed by atoms with E-state index in [1.807, 2.05) is 30.3 Å². The number of benzene rings is 1. The molecule has 1 unspecified atom stereocenters. The van der Waals surface area contributed by atoms with Crippen LogP contribution in [-0.4, -0.2) is 40.1 Å². The van der Waals surface area contributed by atoms with Gasteiger partial charge in [-0.05, 0) is 30.5 Å². The number of pyridine rings is 1. The monoisotopic (exact) mass is 369 g/mol. The molecule has 2 N–H and O–H groups in total. The summed E-state index contributed by atoms with van der Waals surface area (Å²) in [5.74, 6) is -0.377. The number of carbonyl (C=O) groups excluding carboxylic acids is 1. The zero-order valence-electron chi connectivity index (χ0n) is 15.2. The largest absolute Gasteiger partial charge is 0.481 e. The number of nitrogens with zero attached hydrogens (tertiary/aromatic N) is 2. The summed E-state index contributed by atoms with van der Waals surface area (Å²) in [4.78, 5) is 29.3. The molecule has 1 atom stereocenters. The van der Waals surface area contributed by atoms with Gasteiger partial charge in [0, 0.05) is 31.9 Å². The van der Waals surface area contributed by atoms with Gasteiger partial charge in [-0.1, -0.05) is 30.3 Å². The molecule has 2 amide bonds. The Morgan fingerprint density at radius 1 is 1.26 bits per heavy atom. The van der Waals surface area contributed by atoms with Gasteiger partial charge in [0.1, 0.15) is 6.61 Å². The number of nitrogens with one attached hydrogen (secondary N) is 1. The quantitative estimate of drug-likeness (QED) is 0.817. The molecule has 0 bridgehead atoms. The standard InChI is InChI=1S/C20H23N3O4/c1-20(18(24)25)8-10-23(14-20)19(26)22-12-16-7-9-21-17(11-16)27-13-15-5-3-2-4-6-15/h2-7,9,11H,8,10,12-14H2,1H3,(H,22,26)(H,24,25). The fraction of sp³-hybridized carbons (Fsp3) is 0.350. The Bertz CT molecular complexity index is 812. The first-order chi connectivity index (χ1) is 13.0. The number of urea groups is 1. The van der Waals surface area contributed by atoms with Gasteiger partial charge < -0.3 is 20.1 Å². The molecule has 7 nitrogen and oxygen atoms in total. The van der Waals surface area contributed by atoms with Gasteiger partial charge in [-0.3, -0.25) is 4.79 Å². The molecule has 1 aliphatic heterocycles. The number of aromatic nitrogens is 1. The minimum atomic E-state index is -0.869.